The lowest BCUT2D eigenvalue weighted by Crippen LogP contribution is -2.23. The predicted octanol–water partition coefficient (Wildman–Crippen LogP) is 3.89. The molecule has 1 N–H and O–H groups in total. The Hall–Kier alpha value is -1.54. The van der Waals surface area contributed by atoms with Crippen molar-refractivity contribution in [3.63, 3.8) is 0 Å². The van der Waals surface area contributed by atoms with Gasteiger partial charge in [-0.1, -0.05) is 45.0 Å². The van der Waals surface area contributed by atoms with Crippen LogP contribution < -0.4 is 5.32 Å². The molecule has 0 saturated carbocycles. The van der Waals surface area contributed by atoms with Gasteiger partial charge in [0, 0.05) is 5.56 Å². The summed E-state index contributed by atoms with van der Waals surface area (Å²) in [6, 6.07) is 10.8. The topological polar surface area (TPSA) is 25.2 Å². The Morgan fingerprint density at radius 3 is 2.39 bits per heavy atom. The molecule has 0 aliphatic rings. The van der Waals surface area contributed by atoms with E-state index in [-0.39, 0.29) is 11.5 Å². The molecule has 1 aromatic carbocycles. The Bertz CT molecular complexity index is 494. The number of hydrogen-bond donors (Lipinski definition) is 1. The normalized spacial score (nSPS) is 13.6. The Morgan fingerprint density at radius 1 is 1.11 bits per heavy atom. The van der Waals surface area contributed by atoms with E-state index >= 15 is 0 Å². The third-order valence-corrected chi connectivity index (χ3v) is 3.24. The second-order valence-corrected chi connectivity index (χ2v) is 5.62. The first-order valence-electron chi connectivity index (χ1n) is 6.33. The van der Waals surface area contributed by atoms with Gasteiger partial charge in [0.05, 0.1) is 18.6 Å². The van der Waals surface area contributed by atoms with Crippen LogP contribution >= 0.6 is 0 Å². The van der Waals surface area contributed by atoms with E-state index in [1.54, 1.807) is 12.5 Å². The molecule has 0 fully saturated rings. The molecule has 1 aromatic heterocycles. The van der Waals surface area contributed by atoms with Crippen LogP contribution in [0.2, 0.25) is 0 Å². The van der Waals surface area contributed by atoms with Gasteiger partial charge in [0.2, 0.25) is 0 Å². The van der Waals surface area contributed by atoms with E-state index in [0.717, 1.165) is 5.56 Å². The smallest absolute Gasteiger partial charge is 0.0953 e. The van der Waals surface area contributed by atoms with Gasteiger partial charge in [0.15, 0.2) is 0 Å². The van der Waals surface area contributed by atoms with Crippen molar-refractivity contribution in [2.45, 2.75) is 32.2 Å². The zero-order valence-corrected chi connectivity index (χ0v) is 11.5. The summed E-state index contributed by atoms with van der Waals surface area (Å²) in [5, 5.41) is 3.37. The molecule has 2 heteroatoms. The minimum absolute atomic E-state index is 0.134. The highest BCUT2D eigenvalue weighted by Gasteiger charge is 2.23. The molecule has 0 amide bonds. The molecular formula is C16H21NO. The van der Waals surface area contributed by atoms with E-state index in [4.69, 9.17) is 4.42 Å². The maximum absolute atomic E-state index is 5.20. The number of hydrogen-bond acceptors (Lipinski definition) is 2. The van der Waals surface area contributed by atoms with Crippen molar-refractivity contribution in [2.24, 2.45) is 0 Å². The summed E-state index contributed by atoms with van der Waals surface area (Å²) in [5.74, 6) is 0. The van der Waals surface area contributed by atoms with Gasteiger partial charge in [0.1, 0.15) is 0 Å². The summed E-state index contributed by atoms with van der Waals surface area (Å²) in [7, 11) is 1.98. The molecular weight excluding hydrogens is 222 g/mol. The summed E-state index contributed by atoms with van der Waals surface area (Å²) < 4.78 is 5.20. The van der Waals surface area contributed by atoms with Crippen LogP contribution in [0.4, 0.5) is 0 Å². The fourth-order valence-corrected chi connectivity index (χ4v) is 2.37. The second-order valence-electron chi connectivity index (χ2n) is 5.62. The van der Waals surface area contributed by atoms with Gasteiger partial charge in [0.25, 0.3) is 0 Å². The maximum atomic E-state index is 5.20. The molecule has 1 atom stereocenters. The molecule has 2 nitrogen and oxygen atoms in total. The highest BCUT2D eigenvalue weighted by Crippen LogP contribution is 2.32. The minimum atomic E-state index is 0.134. The van der Waals surface area contributed by atoms with E-state index in [0.29, 0.717) is 0 Å². The molecule has 0 aliphatic carbocycles. The SMILES string of the molecule is CNC(c1ccoc1)c1ccccc1C(C)(C)C. The summed E-state index contributed by atoms with van der Waals surface area (Å²) in [5.41, 5.74) is 3.98. The second kappa shape index (κ2) is 4.99. The predicted molar refractivity (Wildman–Crippen MR) is 74.8 cm³/mol. The van der Waals surface area contributed by atoms with Gasteiger partial charge in [-0.15, -0.1) is 0 Å². The van der Waals surface area contributed by atoms with Crippen LogP contribution in [0.25, 0.3) is 0 Å². The fourth-order valence-electron chi connectivity index (χ4n) is 2.37. The van der Waals surface area contributed by atoms with Gasteiger partial charge >= 0.3 is 0 Å². The number of benzene rings is 1. The number of furan rings is 1. The van der Waals surface area contributed by atoms with Crippen LogP contribution in [-0.2, 0) is 5.41 Å². The first-order valence-corrected chi connectivity index (χ1v) is 6.33. The Morgan fingerprint density at radius 2 is 1.83 bits per heavy atom. The van der Waals surface area contributed by atoms with Crippen LogP contribution in [0.15, 0.2) is 47.3 Å². The Labute approximate surface area is 109 Å². The van der Waals surface area contributed by atoms with Crippen molar-refractivity contribution in [1.29, 1.82) is 0 Å². The summed E-state index contributed by atoms with van der Waals surface area (Å²) >= 11 is 0. The minimum Gasteiger partial charge on any atom is -0.472 e. The monoisotopic (exact) mass is 243 g/mol. The van der Waals surface area contributed by atoms with Crippen LogP contribution in [-0.4, -0.2) is 7.05 Å². The molecule has 2 aromatic rings. The van der Waals surface area contributed by atoms with E-state index < -0.39 is 0 Å². The Kier molecular flexibility index (Phi) is 3.58. The quantitative estimate of drug-likeness (QED) is 0.884. The molecule has 0 aliphatic heterocycles. The molecule has 1 heterocycles. The summed E-state index contributed by atoms with van der Waals surface area (Å²) in [4.78, 5) is 0. The molecule has 96 valence electrons. The van der Waals surface area contributed by atoms with Crippen LogP contribution in [0.1, 0.15) is 43.5 Å². The first kappa shape index (κ1) is 12.9. The van der Waals surface area contributed by atoms with Crippen molar-refractivity contribution in [1.82, 2.24) is 5.32 Å². The average Bonchev–Trinajstić information content (AvgIpc) is 2.83. The van der Waals surface area contributed by atoms with E-state index in [9.17, 15) is 0 Å². The average molecular weight is 243 g/mol. The van der Waals surface area contributed by atoms with Crippen LogP contribution in [0, 0.1) is 0 Å². The van der Waals surface area contributed by atoms with Crippen molar-refractivity contribution in [3.05, 3.63) is 59.5 Å². The van der Waals surface area contributed by atoms with Crippen molar-refractivity contribution in [3.8, 4) is 0 Å². The summed E-state index contributed by atoms with van der Waals surface area (Å²) in [6.45, 7) is 6.73. The lowest BCUT2D eigenvalue weighted by atomic mass is 9.81. The molecule has 0 spiro atoms. The molecule has 0 bridgehead atoms. The summed E-state index contributed by atoms with van der Waals surface area (Å²) in [6.07, 6.45) is 3.53. The van der Waals surface area contributed by atoms with Crippen molar-refractivity contribution < 1.29 is 4.42 Å². The Balaban J connectivity index is 2.50. The van der Waals surface area contributed by atoms with Gasteiger partial charge in [-0.25, -0.2) is 0 Å². The maximum Gasteiger partial charge on any atom is 0.0953 e. The van der Waals surface area contributed by atoms with Crippen LogP contribution in [0.3, 0.4) is 0 Å². The zero-order valence-electron chi connectivity index (χ0n) is 11.5. The van der Waals surface area contributed by atoms with Gasteiger partial charge in [-0.2, -0.15) is 0 Å². The lowest BCUT2D eigenvalue weighted by molar-refractivity contribution is 0.548. The van der Waals surface area contributed by atoms with E-state index in [1.807, 2.05) is 13.1 Å². The van der Waals surface area contributed by atoms with Crippen molar-refractivity contribution >= 4 is 0 Å². The molecule has 18 heavy (non-hydrogen) atoms. The largest absolute Gasteiger partial charge is 0.472 e. The highest BCUT2D eigenvalue weighted by molar-refractivity contribution is 5.39. The molecule has 2 rings (SSSR count). The van der Waals surface area contributed by atoms with Gasteiger partial charge in [-0.3, -0.25) is 0 Å². The highest BCUT2D eigenvalue weighted by atomic mass is 16.3. The molecule has 0 radical (unpaired) electrons. The third-order valence-electron chi connectivity index (χ3n) is 3.24. The van der Waals surface area contributed by atoms with Gasteiger partial charge < -0.3 is 9.73 Å². The lowest BCUT2D eigenvalue weighted by Gasteiger charge is -2.27. The van der Waals surface area contributed by atoms with Gasteiger partial charge in [-0.05, 0) is 29.7 Å². The fraction of sp³-hybridized carbons (Fsp3) is 0.375. The standard InChI is InChI=1S/C16H21NO/c1-16(2,3)14-8-6-5-7-13(14)15(17-4)12-9-10-18-11-12/h5-11,15,17H,1-4H3. The zero-order chi connectivity index (χ0) is 13.2. The first-order chi connectivity index (χ1) is 8.54. The van der Waals surface area contributed by atoms with Crippen molar-refractivity contribution in [2.75, 3.05) is 7.05 Å². The van der Waals surface area contributed by atoms with E-state index in [2.05, 4.69) is 50.4 Å². The van der Waals surface area contributed by atoms with E-state index in [1.165, 1.54) is 11.1 Å². The number of nitrogens with one attached hydrogen (secondary N) is 1. The third kappa shape index (κ3) is 2.49. The van der Waals surface area contributed by atoms with Crippen LogP contribution in [0.5, 0.6) is 0 Å². The molecule has 1 unspecified atom stereocenters. The number of rotatable bonds is 3. The molecule has 0 saturated heterocycles.